The first kappa shape index (κ1) is 21.0. The third-order valence-corrected chi connectivity index (χ3v) is 5.66. The van der Waals surface area contributed by atoms with Crippen molar-refractivity contribution in [3.8, 4) is 5.75 Å². The van der Waals surface area contributed by atoms with E-state index < -0.39 is 12.0 Å². The van der Waals surface area contributed by atoms with E-state index in [2.05, 4.69) is 15.3 Å². The number of ether oxygens (including phenoxy) is 2. The number of hydrogen-bond donors (Lipinski definition) is 2. The summed E-state index contributed by atoms with van der Waals surface area (Å²) in [5.74, 6) is 1.04. The Hall–Kier alpha value is -2.68. The summed E-state index contributed by atoms with van der Waals surface area (Å²) in [6.45, 7) is 0.508. The second-order valence-corrected chi connectivity index (χ2v) is 7.68. The van der Waals surface area contributed by atoms with E-state index in [-0.39, 0.29) is 12.1 Å². The molecule has 0 fully saturated rings. The maximum atomic E-state index is 13.2. The third kappa shape index (κ3) is 4.67. The molecular weight excluding hydrogens is 392 g/mol. The first-order valence-electron chi connectivity index (χ1n) is 9.39. The van der Waals surface area contributed by atoms with Gasteiger partial charge in [-0.3, -0.25) is 0 Å². The molecule has 3 rings (SSSR count). The standard InChI is InChI=1S/C20H26N4O4S/c1-27-14-6-4-13(5-7-14)18-17-15(21-12-22-17)8-10-24(18)20(26)23-16(9-11-29-3)19(25)28-2/h4-7,12,16,18H,8-11H2,1-3H3,(H,21,22)(H,23,26)/t16-,18+/m1/s1. The molecule has 9 heteroatoms. The first-order chi connectivity index (χ1) is 14.1. The third-order valence-electron chi connectivity index (χ3n) is 5.01. The van der Waals surface area contributed by atoms with Crippen LogP contribution in [0.5, 0.6) is 5.75 Å². The summed E-state index contributed by atoms with van der Waals surface area (Å²) in [5.41, 5.74) is 2.75. The van der Waals surface area contributed by atoms with E-state index in [1.165, 1.54) is 7.11 Å². The smallest absolute Gasteiger partial charge is 0.328 e. The number of carbonyl (C=O) groups excluding carboxylic acids is 2. The molecule has 0 radical (unpaired) electrons. The molecular formula is C20H26N4O4S. The van der Waals surface area contributed by atoms with Crippen molar-refractivity contribution in [1.29, 1.82) is 0 Å². The number of fused-ring (bicyclic) bond motifs is 1. The van der Waals surface area contributed by atoms with Gasteiger partial charge in [0.1, 0.15) is 17.8 Å². The zero-order chi connectivity index (χ0) is 20.8. The average Bonchev–Trinajstić information content (AvgIpc) is 3.24. The fourth-order valence-electron chi connectivity index (χ4n) is 3.48. The second-order valence-electron chi connectivity index (χ2n) is 6.69. The zero-order valence-corrected chi connectivity index (χ0v) is 17.6. The van der Waals surface area contributed by atoms with Crippen molar-refractivity contribution >= 4 is 23.8 Å². The van der Waals surface area contributed by atoms with Crippen molar-refractivity contribution < 1.29 is 19.1 Å². The first-order valence-corrected chi connectivity index (χ1v) is 10.8. The summed E-state index contributed by atoms with van der Waals surface area (Å²) < 4.78 is 10.1. The highest BCUT2D eigenvalue weighted by Gasteiger charge is 2.35. The van der Waals surface area contributed by atoms with E-state index in [4.69, 9.17) is 9.47 Å². The van der Waals surface area contributed by atoms with Crippen LogP contribution in [0.1, 0.15) is 29.4 Å². The van der Waals surface area contributed by atoms with Gasteiger partial charge in [0.25, 0.3) is 0 Å². The van der Waals surface area contributed by atoms with Gasteiger partial charge in [-0.15, -0.1) is 0 Å². The van der Waals surface area contributed by atoms with E-state index in [1.807, 2.05) is 30.5 Å². The molecule has 0 saturated heterocycles. The Balaban J connectivity index is 1.87. The number of nitrogens with zero attached hydrogens (tertiary/aromatic N) is 2. The summed E-state index contributed by atoms with van der Waals surface area (Å²) in [6.07, 6.45) is 4.79. The van der Waals surface area contributed by atoms with Crippen LogP contribution in [0, 0.1) is 0 Å². The SMILES string of the molecule is COC(=O)[C@@H](CCSC)NC(=O)N1CCc2[nH]cnc2[C@@H]1c1ccc(OC)cc1. The van der Waals surface area contributed by atoms with E-state index in [0.717, 1.165) is 28.5 Å². The maximum absolute atomic E-state index is 13.2. The number of thioether (sulfide) groups is 1. The summed E-state index contributed by atoms with van der Waals surface area (Å²) in [4.78, 5) is 34.6. The predicted molar refractivity (Wildman–Crippen MR) is 111 cm³/mol. The molecule has 2 heterocycles. The Bertz CT molecular complexity index is 839. The van der Waals surface area contributed by atoms with Gasteiger partial charge in [-0.25, -0.2) is 14.6 Å². The van der Waals surface area contributed by atoms with E-state index in [1.54, 1.807) is 30.1 Å². The van der Waals surface area contributed by atoms with Crippen LogP contribution in [0.15, 0.2) is 30.6 Å². The van der Waals surface area contributed by atoms with Crippen LogP contribution in [0.3, 0.4) is 0 Å². The Morgan fingerprint density at radius 2 is 2.10 bits per heavy atom. The van der Waals surface area contributed by atoms with Gasteiger partial charge in [-0.05, 0) is 36.1 Å². The Morgan fingerprint density at radius 3 is 2.76 bits per heavy atom. The molecule has 0 bridgehead atoms. The number of aromatic nitrogens is 2. The number of methoxy groups -OCH3 is 2. The molecule has 8 nitrogen and oxygen atoms in total. The van der Waals surface area contributed by atoms with Gasteiger partial charge in [0.05, 0.1) is 26.2 Å². The molecule has 156 valence electrons. The van der Waals surface area contributed by atoms with Gasteiger partial charge in [0.15, 0.2) is 0 Å². The summed E-state index contributed by atoms with van der Waals surface area (Å²) in [5, 5.41) is 2.85. The van der Waals surface area contributed by atoms with Crippen LogP contribution < -0.4 is 10.1 Å². The molecule has 2 N–H and O–H groups in total. The number of esters is 1. The van der Waals surface area contributed by atoms with Crippen molar-refractivity contribution in [2.75, 3.05) is 32.8 Å². The molecule has 0 spiro atoms. The van der Waals surface area contributed by atoms with E-state index >= 15 is 0 Å². The molecule has 2 aromatic rings. The molecule has 1 aliphatic heterocycles. The molecule has 1 aliphatic rings. The monoisotopic (exact) mass is 418 g/mol. The van der Waals surface area contributed by atoms with Crippen LogP contribution in [-0.2, 0) is 16.0 Å². The molecule has 2 amide bonds. The van der Waals surface area contributed by atoms with Gasteiger partial charge in [-0.2, -0.15) is 11.8 Å². The van der Waals surface area contributed by atoms with Gasteiger partial charge >= 0.3 is 12.0 Å². The van der Waals surface area contributed by atoms with Crippen LogP contribution >= 0.6 is 11.8 Å². The minimum absolute atomic E-state index is 0.309. The number of urea groups is 1. The molecule has 1 aromatic carbocycles. The zero-order valence-electron chi connectivity index (χ0n) is 16.8. The van der Waals surface area contributed by atoms with Gasteiger partial charge in [0, 0.05) is 18.7 Å². The minimum atomic E-state index is -0.683. The van der Waals surface area contributed by atoms with E-state index in [9.17, 15) is 9.59 Å². The number of nitrogens with one attached hydrogen (secondary N) is 2. The van der Waals surface area contributed by atoms with Crippen molar-refractivity contribution in [1.82, 2.24) is 20.2 Å². The number of rotatable bonds is 7. The van der Waals surface area contributed by atoms with Gasteiger partial charge in [0.2, 0.25) is 0 Å². The number of benzene rings is 1. The van der Waals surface area contributed by atoms with Crippen LogP contribution in [-0.4, -0.2) is 65.7 Å². The van der Waals surface area contributed by atoms with Crippen molar-refractivity contribution in [3.63, 3.8) is 0 Å². The Labute approximate surface area is 174 Å². The molecule has 29 heavy (non-hydrogen) atoms. The summed E-state index contributed by atoms with van der Waals surface area (Å²) >= 11 is 1.61. The number of aromatic amines is 1. The highest BCUT2D eigenvalue weighted by atomic mass is 32.2. The lowest BCUT2D eigenvalue weighted by Gasteiger charge is -2.36. The predicted octanol–water partition coefficient (Wildman–Crippen LogP) is 2.37. The number of hydrogen-bond acceptors (Lipinski definition) is 6. The molecule has 0 unspecified atom stereocenters. The van der Waals surface area contributed by atoms with Crippen LogP contribution in [0.4, 0.5) is 4.79 Å². The number of imidazole rings is 1. The average molecular weight is 419 g/mol. The topological polar surface area (TPSA) is 96.6 Å². The quantitative estimate of drug-likeness (QED) is 0.670. The lowest BCUT2D eigenvalue weighted by atomic mass is 9.96. The fourth-order valence-corrected chi connectivity index (χ4v) is 3.95. The Kier molecular flexibility index (Phi) is 7.03. The lowest BCUT2D eigenvalue weighted by Crippen LogP contribution is -2.51. The summed E-state index contributed by atoms with van der Waals surface area (Å²) in [6, 6.07) is 6.24. The highest BCUT2D eigenvalue weighted by molar-refractivity contribution is 7.98. The number of carbonyl (C=O) groups is 2. The molecule has 1 aromatic heterocycles. The Morgan fingerprint density at radius 1 is 1.34 bits per heavy atom. The van der Waals surface area contributed by atoms with Crippen molar-refractivity contribution in [2.24, 2.45) is 0 Å². The van der Waals surface area contributed by atoms with Crippen molar-refractivity contribution in [3.05, 3.63) is 47.5 Å². The minimum Gasteiger partial charge on any atom is -0.497 e. The highest BCUT2D eigenvalue weighted by Crippen LogP contribution is 2.34. The second kappa shape index (κ2) is 9.69. The molecule has 0 saturated carbocycles. The molecule has 2 atom stereocenters. The lowest BCUT2D eigenvalue weighted by molar-refractivity contribution is -0.142. The van der Waals surface area contributed by atoms with Crippen LogP contribution in [0.25, 0.3) is 0 Å². The van der Waals surface area contributed by atoms with Gasteiger partial charge in [-0.1, -0.05) is 12.1 Å². The van der Waals surface area contributed by atoms with Crippen molar-refractivity contribution in [2.45, 2.75) is 24.9 Å². The van der Waals surface area contributed by atoms with E-state index in [0.29, 0.717) is 19.4 Å². The number of H-pyrrole nitrogens is 1. The molecule has 0 aliphatic carbocycles. The maximum Gasteiger partial charge on any atom is 0.328 e. The normalized spacial score (nSPS) is 16.7. The largest absolute Gasteiger partial charge is 0.497 e. The van der Waals surface area contributed by atoms with Crippen LogP contribution in [0.2, 0.25) is 0 Å². The summed E-state index contributed by atoms with van der Waals surface area (Å²) in [7, 11) is 2.94. The number of amides is 2. The van der Waals surface area contributed by atoms with Gasteiger partial charge < -0.3 is 24.7 Å². The fraction of sp³-hybridized carbons (Fsp3) is 0.450.